The van der Waals surface area contributed by atoms with E-state index >= 15 is 0 Å². The summed E-state index contributed by atoms with van der Waals surface area (Å²) < 4.78 is 27.4. The zero-order chi connectivity index (χ0) is 16.9. The number of halogens is 2. The predicted octanol–water partition coefficient (Wildman–Crippen LogP) is 3.99. The predicted molar refractivity (Wildman–Crippen MR) is 89.5 cm³/mol. The van der Waals surface area contributed by atoms with Crippen LogP contribution in [0.5, 0.6) is 0 Å². The molecule has 4 heteroatoms. The van der Waals surface area contributed by atoms with Gasteiger partial charge in [0.1, 0.15) is 17.4 Å². The second-order valence-electron chi connectivity index (χ2n) is 6.38. The molecule has 2 aromatic rings. The van der Waals surface area contributed by atoms with Gasteiger partial charge < -0.3 is 0 Å². The van der Waals surface area contributed by atoms with Crippen molar-refractivity contribution in [2.45, 2.75) is 25.8 Å². The third-order valence-electron chi connectivity index (χ3n) is 4.70. The maximum atomic E-state index is 13.7. The van der Waals surface area contributed by atoms with Gasteiger partial charge in [-0.1, -0.05) is 36.4 Å². The van der Waals surface area contributed by atoms with Crippen LogP contribution in [0.3, 0.4) is 0 Å². The average Bonchev–Trinajstić information content (AvgIpc) is 2.60. The Labute approximate surface area is 141 Å². The van der Waals surface area contributed by atoms with Gasteiger partial charge in [0.2, 0.25) is 0 Å². The van der Waals surface area contributed by atoms with Crippen molar-refractivity contribution in [3.63, 3.8) is 0 Å². The Kier molecular flexibility index (Phi) is 5.36. The van der Waals surface area contributed by atoms with E-state index in [2.05, 4.69) is 17.0 Å². The molecule has 0 atom stereocenters. The number of hydrogen-bond acceptors (Lipinski definition) is 2. The van der Waals surface area contributed by atoms with Crippen LogP contribution in [0.1, 0.15) is 24.0 Å². The van der Waals surface area contributed by atoms with Gasteiger partial charge in [-0.25, -0.2) is 8.78 Å². The van der Waals surface area contributed by atoms with Gasteiger partial charge in [0, 0.05) is 24.4 Å². The molecule has 0 saturated carbocycles. The first-order valence-electron chi connectivity index (χ1n) is 8.35. The number of benzene rings is 2. The fraction of sp³-hybridized carbons (Fsp3) is 0.350. The van der Waals surface area contributed by atoms with Gasteiger partial charge in [-0.15, -0.1) is 0 Å². The summed E-state index contributed by atoms with van der Waals surface area (Å²) in [5, 5.41) is 0. The molecule has 0 aromatic heterocycles. The van der Waals surface area contributed by atoms with Gasteiger partial charge in [0.25, 0.3) is 0 Å². The molecule has 1 heterocycles. The number of carbonyl (C=O) groups is 1. The highest BCUT2D eigenvalue weighted by Crippen LogP contribution is 2.23. The molecule has 2 aromatic carbocycles. The van der Waals surface area contributed by atoms with Crippen molar-refractivity contribution >= 4 is 5.78 Å². The Balaban J connectivity index is 1.54. The summed E-state index contributed by atoms with van der Waals surface area (Å²) >= 11 is 0. The SMILES string of the molecule is O=C(Cc1c(F)cccc1F)C1CCN(Cc2ccccc2)CC1. The fourth-order valence-electron chi connectivity index (χ4n) is 3.27. The maximum absolute atomic E-state index is 13.7. The minimum atomic E-state index is -0.634. The van der Waals surface area contributed by atoms with E-state index in [1.165, 1.54) is 23.8 Å². The molecule has 0 radical (unpaired) electrons. The lowest BCUT2D eigenvalue weighted by Crippen LogP contribution is -2.36. The number of ketones is 1. The van der Waals surface area contributed by atoms with E-state index in [4.69, 9.17) is 0 Å². The Bertz CT molecular complexity index is 674. The average molecular weight is 329 g/mol. The zero-order valence-corrected chi connectivity index (χ0v) is 13.6. The molecule has 24 heavy (non-hydrogen) atoms. The van der Waals surface area contributed by atoms with Crippen LogP contribution in [0.15, 0.2) is 48.5 Å². The van der Waals surface area contributed by atoms with Crippen LogP contribution in [0, 0.1) is 17.6 Å². The molecule has 2 nitrogen and oxygen atoms in total. The van der Waals surface area contributed by atoms with Gasteiger partial charge >= 0.3 is 0 Å². The van der Waals surface area contributed by atoms with Crippen molar-refractivity contribution in [1.82, 2.24) is 4.90 Å². The quantitative estimate of drug-likeness (QED) is 0.827. The van der Waals surface area contributed by atoms with Crippen LogP contribution in [0.25, 0.3) is 0 Å². The highest BCUT2D eigenvalue weighted by Gasteiger charge is 2.26. The number of Topliss-reactive ketones (excluding diaryl/α,β-unsaturated/α-hetero) is 1. The lowest BCUT2D eigenvalue weighted by atomic mass is 9.89. The molecule has 126 valence electrons. The number of rotatable bonds is 5. The van der Waals surface area contributed by atoms with E-state index in [1.54, 1.807) is 0 Å². The lowest BCUT2D eigenvalue weighted by Gasteiger charge is -2.31. The topological polar surface area (TPSA) is 20.3 Å². The minimum Gasteiger partial charge on any atom is -0.299 e. The molecular weight excluding hydrogens is 308 g/mol. The van der Waals surface area contributed by atoms with Gasteiger partial charge in [-0.3, -0.25) is 9.69 Å². The zero-order valence-electron chi connectivity index (χ0n) is 13.6. The van der Waals surface area contributed by atoms with Crippen LogP contribution in [-0.2, 0) is 17.8 Å². The van der Waals surface area contributed by atoms with E-state index in [0.717, 1.165) is 32.5 Å². The van der Waals surface area contributed by atoms with Crippen molar-refractivity contribution in [3.8, 4) is 0 Å². The van der Waals surface area contributed by atoms with E-state index in [0.29, 0.717) is 0 Å². The second kappa shape index (κ2) is 7.67. The molecule has 0 bridgehead atoms. The fourth-order valence-corrected chi connectivity index (χ4v) is 3.27. The van der Waals surface area contributed by atoms with Crippen molar-refractivity contribution in [2.75, 3.05) is 13.1 Å². The van der Waals surface area contributed by atoms with E-state index in [1.807, 2.05) is 18.2 Å². The van der Waals surface area contributed by atoms with Crippen LogP contribution in [0.2, 0.25) is 0 Å². The molecule has 0 aliphatic carbocycles. The summed E-state index contributed by atoms with van der Waals surface area (Å²) in [6.07, 6.45) is 1.35. The monoisotopic (exact) mass is 329 g/mol. The molecule has 1 aliphatic heterocycles. The van der Waals surface area contributed by atoms with Crippen LogP contribution >= 0.6 is 0 Å². The van der Waals surface area contributed by atoms with Crippen LogP contribution in [-0.4, -0.2) is 23.8 Å². The van der Waals surface area contributed by atoms with Gasteiger partial charge in [-0.05, 0) is 43.6 Å². The number of nitrogens with zero attached hydrogens (tertiary/aromatic N) is 1. The highest BCUT2D eigenvalue weighted by atomic mass is 19.1. The van der Waals surface area contributed by atoms with Crippen molar-refractivity contribution in [2.24, 2.45) is 5.92 Å². The van der Waals surface area contributed by atoms with E-state index in [9.17, 15) is 13.6 Å². The molecule has 0 amide bonds. The summed E-state index contributed by atoms with van der Waals surface area (Å²) in [6.45, 7) is 2.56. The summed E-state index contributed by atoms with van der Waals surface area (Å²) in [5.74, 6) is -1.43. The molecule has 1 saturated heterocycles. The molecule has 1 fully saturated rings. The molecule has 3 rings (SSSR count). The Morgan fingerprint density at radius 3 is 2.21 bits per heavy atom. The third kappa shape index (κ3) is 4.06. The standard InChI is InChI=1S/C20H21F2NO/c21-18-7-4-8-19(22)17(18)13-20(24)16-9-11-23(12-10-16)14-15-5-2-1-3-6-15/h1-8,16H,9-14H2. The summed E-state index contributed by atoms with van der Waals surface area (Å²) in [7, 11) is 0. The Hall–Kier alpha value is -2.07. The third-order valence-corrected chi connectivity index (χ3v) is 4.70. The highest BCUT2D eigenvalue weighted by molar-refractivity contribution is 5.83. The van der Waals surface area contributed by atoms with Gasteiger partial charge in [0.15, 0.2) is 0 Å². The number of likely N-dealkylation sites (tertiary alicyclic amines) is 1. The normalized spacial score (nSPS) is 16.2. The molecular formula is C20H21F2NO. The minimum absolute atomic E-state index is 0.0571. The first-order chi connectivity index (χ1) is 11.6. The summed E-state index contributed by atoms with van der Waals surface area (Å²) in [4.78, 5) is 14.7. The Morgan fingerprint density at radius 2 is 1.58 bits per heavy atom. The smallest absolute Gasteiger partial charge is 0.140 e. The number of piperidine rings is 1. The second-order valence-corrected chi connectivity index (χ2v) is 6.38. The Morgan fingerprint density at radius 1 is 0.958 bits per heavy atom. The van der Waals surface area contributed by atoms with Crippen LogP contribution < -0.4 is 0 Å². The number of carbonyl (C=O) groups excluding carboxylic acids is 1. The lowest BCUT2D eigenvalue weighted by molar-refractivity contribution is -0.123. The molecule has 1 aliphatic rings. The van der Waals surface area contributed by atoms with Crippen LogP contribution in [0.4, 0.5) is 8.78 Å². The molecule has 0 spiro atoms. The number of hydrogen-bond donors (Lipinski definition) is 0. The largest absolute Gasteiger partial charge is 0.299 e. The maximum Gasteiger partial charge on any atom is 0.140 e. The first kappa shape index (κ1) is 16.8. The summed E-state index contributed by atoms with van der Waals surface area (Å²) in [5.41, 5.74) is 1.16. The van der Waals surface area contributed by atoms with Gasteiger partial charge in [-0.2, -0.15) is 0 Å². The first-order valence-corrected chi connectivity index (χ1v) is 8.35. The summed E-state index contributed by atoms with van der Waals surface area (Å²) in [6, 6.07) is 14.0. The van der Waals surface area contributed by atoms with Gasteiger partial charge in [0.05, 0.1) is 0 Å². The van der Waals surface area contributed by atoms with E-state index in [-0.39, 0.29) is 23.7 Å². The molecule has 0 unspecified atom stereocenters. The molecule has 0 N–H and O–H groups in total. The van der Waals surface area contributed by atoms with E-state index < -0.39 is 11.6 Å². The van der Waals surface area contributed by atoms with Crippen molar-refractivity contribution in [3.05, 3.63) is 71.3 Å². The van der Waals surface area contributed by atoms with Crippen molar-refractivity contribution in [1.29, 1.82) is 0 Å². The van der Waals surface area contributed by atoms with Crippen molar-refractivity contribution < 1.29 is 13.6 Å².